The van der Waals surface area contributed by atoms with Gasteiger partial charge >= 0.3 is 0 Å². The van der Waals surface area contributed by atoms with Gasteiger partial charge in [-0.15, -0.1) is 0 Å². The first-order chi connectivity index (χ1) is 10.1. The minimum atomic E-state index is -0.186. The largest absolute Gasteiger partial charge is 0.486 e. The maximum Gasteiger partial charge on any atom is 0.255 e. The fourth-order valence-corrected chi connectivity index (χ4v) is 2.80. The highest BCUT2D eigenvalue weighted by Crippen LogP contribution is 2.38. The van der Waals surface area contributed by atoms with Gasteiger partial charge in [-0.3, -0.25) is 4.79 Å². The summed E-state index contributed by atoms with van der Waals surface area (Å²) in [6, 6.07) is 10.8. The summed E-state index contributed by atoms with van der Waals surface area (Å²) >= 11 is 6.79. The highest BCUT2D eigenvalue weighted by atomic mass is 79.9. The lowest BCUT2D eigenvalue weighted by Crippen LogP contribution is -2.17. The van der Waals surface area contributed by atoms with Gasteiger partial charge in [-0.2, -0.15) is 0 Å². The van der Waals surface area contributed by atoms with Gasteiger partial charge in [0.05, 0.1) is 5.69 Å². The van der Waals surface area contributed by atoms with Crippen LogP contribution in [0.5, 0.6) is 11.5 Å². The summed E-state index contributed by atoms with van der Waals surface area (Å²) in [5.41, 5.74) is 1.22. The third-order valence-electron chi connectivity index (χ3n) is 2.97. The Bertz CT molecular complexity index is 703. The third-order valence-corrected chi connectivity index (χ3v) is 4.12. The minimum absolute atomic E-state index is 0.186. The zero-order chi connectivity index (χ0) is 14.8. The highest BCUT2D eigenvalue weighted by molar-refractivity contribution is 9.10. The molecule has 0 bridgehead atoms. The third kappa shape index (κ3) is 3.22. The Kier molecular flexibility index (Phi) is 4.17. The Morgan fingerprint density at radius 2 is 1.76 bits per heavy atom. The zero-order valence-electron chi connectivity index (χ0n) is 10.9. The summed E-state index contributed by atoms with van der Waals surface area (Å²) in [6.07, 6.45) is 0. The summed E-state index contributed by atoms with van der Waals surface area (Å²) in [4.78, 5) is 12.3. The number of nitrogens with one attached hydrogen (secondary N) is 1. The SMILES string of the molecule is O=C(Nc1cc2c(cc1Br)OCCO2)c1cccc(Br)c1. The van der Waals surface area contributed by atoms with Crippen LogP contribution in [0.1, 0.15) is 10.4 Å². The highest BCUT2D eigenvalue weighted by Gasteiger charge is 2.16. The van der Waals surface area contributed by atoms with Crippen LogP contribution in [0.25, 0.3) is 0 Å². The van der Waals surface area contributed by atoms with E-state index < -0.39 is 0 Å². The predicted octanol–water partition coefficient (Wildman–Crippen LogP) is 4.24. The molecular weight excluding hydrogens is 402 g/mol. The van der Waals surface area contributed by atoms with E-state index in [0.717, 1.165) is 8.95 Å². The molecule has 0 radical (unpaired) electrons. The minimum Gasteiger partial charge on any atom is -0.486 e. The van der Waals surface area contributed by atoms with E-state index in [1.807, 2.05) is 12.1 Å². The van der Waals surface area contributed by atoms with Gasteiger partial charge in [-0.25, -0.2) is 0 Å². The van der Waals surface area contributed by atoms with Crippen molar-refractivity contribution in [2.45, 2.75) is 0 Å². The lowest BCUT2D eigenvalue weighted by atomic mass is 10.2. The van der Waals surface area contributed by atoms with E-state index in [2.05, 4.69) is 37.2 Å². The quantitative estimate of drug-likeness (QED) is 0.802. The normalized spacial score (nSPS) is 12.9. The fraction of sp³-hybridized carbons (Fsp3) is 0.133. The van der Waals surface area contributed by atoms with Crippen LogP contribution in [0.4, 0.5) is 5.69 Å². The van der Waals surface area contributed by atoms with Gasteiger partial charge in [-0.05, 0) is 34.1 Å². The lowest BCUT2D eigenvalue weighted by Gasteiger charge is -2.20. The van der Waals surface area contributed by atoms with Crippen molar-refractivity contribution in [1.29, 1.82) is 0 Å². The molecule has 2 aromatic carbocycles. The Labute approximate surface area is 138 Å². The Morgan fingerprint density at radius 1 is 1.05 bits per heavy atom. The standard InChI is InChI=1S/C15H11Br2NO3/c16-10-3-1-2-9(6-10)15(19)18-12-8-14-13(7-11(12)17)20-4-5-21-14/h1-3,6-8H,4-5H2,(H,18,19). The van der Waals surface area contributed by atoms with Crippen LogP contribution in [-0.4, -0.2) is 19.1 Å². The topological polar surface area (TPSA) is 47.6 Å². The van der Waals surface area contributed by atoms with Crippen molar-refractivity contribution < 1.29 is 14.3 Å². The molecule has 0 saturated heterocycles. The second kappa shape index (κ2) is 6.07. The van der Waals surface area contributed by atoms with Crippen LogP contribution in [0.15, 0.2) is 45.3 Å². The number of amides is 1. The monoisotopic (exact) mass is 411 g/mol. The first kappa shape index (κ1) is 14.4. The van der Waals surface area contributed by atoms with E-state index >= 15 is 0 Å². The Morgan fingerprint density at radius 3 is 2.48 bits per heavy atom. The van der Waals surface area contributed by atoms with Gasteiger partial charge in [0.2, 0.25) is 0 Å². The molecule has 3 rings (SSSR count). The van der Waals surface area contributed by atoms with Gasteiger partial charge in [0, 0.05) is 26.6 Å². The number of fused-ring (bicyclic) bond motifs is 1. The molecule has 1 aliphatic rings. The molecule has 0 atom stereocenters. The van der Waals surface area contributed by atoms with Gasteiger partial charge in [0.1, 0.15) is 13.2 Å². The first-order valence-corrected chi connectivity index (χ1v) is 7.88. The van der Waals surface area contributed by atoms with Crippen molar-refractivity contribution in [3.05, 3.63) is 50.9 Å². The number of rotatable bonds is 2. The van der Waals surface area contributed by atoms with Crippen LogP contribution in [0, 0.1) is 0 Å². The average Bonchev–Trinajstić information content (AvgIpc) is 2.48. The smallest absolute Gasteiger partial charge is 0.255 e. The molecule has 4 nitrogen and oxygen atoms in total. The molecule has 1 N–H and O–H groups in total. The number of benzene rings is 2. The number of carbonyl (C=O) groups is 1. The number of halogens is 2. The van der Waals surface area contributed by atoms with Crippen molar-refractivity contribution in [1.82, 2.24) is 0 Å². The van der Waals surface area contributed by atoms with E-state index in [9.17, 15) is 4.79 Å². The molecular formula is C15H11Br2NO3. The summed E-state index contributed by atoms with van der Waals surface area (Å²) in [7, 11) is 0. The molecule has 0 saturated carbocycles. The molecule has 1 heterocycles. The molecule has 2 aromatic rings. The van der Waals surface area contributed by atoms with Crippen molar-refractivity contribution in [3.63, 3.8) is 0 Å². The molecule has 0 aliphatic carbocycles. The average molecular weight is 413 g/mol. The van der Waals surface area contributed by atoms with Gasteiger partial charge in [0.25, 0.3) is 5.91 Å². The van der Waals surface area contributed by atoms with Crippen molar-refractivity contribution in [3.8, 4) is 11.5 Å². The molecule has 108 valence electrons. The van der Waals surface area contributed by atoms with Gasteiger partial charge in [-0.1, -0.05) is 22.0 Å². The molecule has 0 fully saturated rings. The summed E-state index contributed by atoms with van der Waals surface area (Å²) in [6.45, 7) is 1.04. The molecule has 0 spiro atoms. The van der Waals surface area contributed by atoms with Crippen molar-refractivity contribution >= 4 is 43.5 Å². The molecule has 6 heteroatoms. The number of ether oxygens (including phenoxy) is 2. The van der Waals surface area contributed by atoms with Crippen LogP contribution in [0.2, 0.25) is 0 Å². The molecule has 0 aromatic heterocycles. The lowest BCUT2D eigenvalue weighted by molar-refractivity contribution is 0.102. The van der Waals surface area contributed by atoms with E-state index in [1.165, 1.54) is 0 Å². The van der Waals surface area contributed by atoms with E-state index in [0.29, 0.717) is 36.0 Å². The summed E-state index contributed by atoms with van der Waals surface area (Å²) in [5, 5.41) is 2.86. The Hall–Kier alpha value is -1.53. The predicted molar refractivity (Wildman–Crippen MR) is 87.2 cm³/mol. The molecule has 21 heavy (non-hydrogen) atoms. The van der Waals surface area contributed by atoms with Gasteiger partial charge in [0.15, 0.2) is 11.5 Å². The maximum absolute atomic E-state index is 12.3. The van der Waals surface area contributed by atoms with Crippen LogP contribution >= 0.6 is 31.9 Å². The van der Waals surface area contributed by atoms with E-state index in [1.54, 1.807) is 24.3 Å². The van der Waals surface area contributed by atoms with Gasteiger partial charge < -0.3 is 14.8 Å². The zero-order valence-corrected chi connectivity index (χ0v) is 14.0. The number of anilines is 1. The van der Waals surface area contributed by atoms with Crippen LogP contribution in [-0.2, 0) is 0 Å². The number of carbonyl (C=O) groups excluding carboxylic acids is 1. The fourth-order valence-electron chi connectivity index (χ4n) is 1.98. The van der Waals surface area contributed by atoms with Crippen molar-refractivity contribution in [2.24, 2.45) is 0 Å². The molecule has 1 aliphatic heterocycles. The second-order valence-corrected chi connectivity index (χ2v) is 6.21. The maximum atomic E-state index is 12.3. The Balaban J connectivity index is 1.86. The van der Waals surface area contributed by atoms with E-state index in [-0.39, 0.29) is 5.91 Å². The second-order valence-electron chi connectivity index (χ2n) is 4.44. The molecule has 1 amide bonds. The first-order valence-electron chi connectivity index (χ1n) is 6.29. The van der Waals surface area contributed by atoms with Crippen LogP contribution in [0.3, 0.4) is 0 Å². The summed E-state index contributed by atoms with van der Waals surface area (Å²) in [5.74, 6) is 1.12. The van der Waals surface area contributed by atoms with Crippen molar-refractivity contribution in [2.75, 3.05) is 18.5 Å². The molecule has 0 unspecified atom stereocenters. The van der Waals surface area contributed by atoms with Crippen LogP contribution < -0.4 is 14.8 Å². The number of hydrogen-bond acceptors (Lipinski definition) is 3. The van der Waals surface area contributed by atoms with E-state index in [4.69, 9.17) is 9.47 Å². The number of hydrogen-bond donors (Lipinski definition) is 1. The summed E-state index contributed by atoms with van der Waals surface area (Å²) < 4.78 is 12.6.